The van der Waals surface area contributed by atoms with Crippen molar-refractivity contribution in [3.63, 3.8) is 0 Å². The molecule has 0 aliphatic carbocycles. The SMILES string of the molecule is CC(NCc1cccc(Oc2ccccc2)c1)c1ccc2c(c1)OCCO2. The van der Waals surface area contributed by atoms with Crippen LogP contribution in [0.15, 0.2) is 72.8 Å². The first-order chi connectivity index (χ1) is 13.3. The first-order valence-electron chi connectivity index (χ1n) is 9.23. The number of fused-ring (bicyclic) bond motifs is 1. The molecule has 3 aromatic rings. The molecule has 1 aliphatic rings. The summed E-state index contributed by atoms with van der Waals surface area (Å²) in [4.78, 5) is 0. The van der Waals surface area contributed by atoms with E-state index in [0.29, 0.717) is 13.2 Å². The molecule has 0 amide bonds. The van der Waals surface area contributed by atoms with Gasteiger partial charge in [0.15, 0.2) is 11.5 Å². The normalized spacial score (nSPS) is 13.8. The fourth-order valence-corrected chi connectivity index (χ4v) is 3.06. The summed E-state index contributed by atoms with van der Waals surface area (Å²) in [6, 6.07) is 24.3. The van der Waals surface area contributed by atoms with Gasteiger partial charge in [-0.3, -0.25) is 0 Å². The van der Waals surface area contributed by atoms with Crippen LogP contribution in [0, 0.1) is 0 Å². The van der Waals surface area contributed by atoms with Gasteiger partial charge in [0.05, 0.1) is 0 Å². The molecule has 138 valence electrons. The molecule has 27 heavy (non-hydrogen) atoms. The van der Waals surface area contributed by atoms with E-state index in [2.05, 4.69) is 36.5 Å². The molecule has 1 atom stereocenters. The van der Waals surface area contributed by atoms with Gasteiger partial charge in [-0.05, 0) is 54.4 Å². The summed E-state index contributed by atoms with van der Waals surface area (Å²) in [6.07, 6.45) is 0. The molecule has 0 aromatic heterocycles. The van der Waals surface area contributed by atoms with Crippen molar-refractivity contribution in [1.29, 1.82) is 0 Å². The van der Waals surface area contributed by atoms with Crippen LogP contribution in [0.25, 0.3) is 0 Å². The van der Waals surface area contributed by atoms with Crippen molar-refractivity contribution < 1.29 is 14.2 Å². The maximum atomic E-state index is 5.91. The minimum absolute atomic E-state index is 0.194. The molecule has 1 N–H and O–H groups in total. The molecule has 4 rings (SSSR count). The van der Waals surface area contributed by atoms with Gasteiger partial charge < -0.3 is 19.5 Å². The minimum atomic E-state index is 0.194. The van der Waals surface area contributed by atoms with Crippen molar-refractivity contribution >= 4 is 0 Å². The average molecular weight is 361 g/mol. The molecule has 3 aromatic carbocycles. The maximum absolute atomic E-state index is 5.91. The quantitative estimate of drug-likeness (QED) is 0.663. The monoisotopic (exact) mass is 361 g/mol. The van der Waals surface area contributed by atoms with Crippen LogP contribution in [0.1, 0.15) is 24.1 Å². The lowest BCUT2D eigenvalue weighted by Crippen LogP contribution is -2.19. The van der Waals surface area contributed by atoms with Crippen LogP contribution in [0.3, 0.4) is 0 Å². The summed E-state index contributed by atoms with van der Waals surface area (Å²) in [5, 5.41) is 3.56. The van der Waals surface area contributed by atoms with E-state index in [1.54, 1.807) is 0 Å². The smallest absolute Gasteiger partial charge is 0.161 e. The van der Waals surface area contributed by atoms with E-state index in [1.807, 2.05) is 48.5 Å². The van der Waals surface area contributed by atoms with Crippen LogP contribution >= 0.6 is 0 Å². The second kappa shape index (κ2) is 8.14. The Kier molecular flexibility index (Phi) is 5.26. The number of benzene rings is 3. The zero-order valence-electron chi connectivity index (χ0n) is 15.4. The molecular weight excluding hydrogens is 338 g/mol. The van der Waals surface area contributed by atoms with Crippen LogP contribution in [0.4, 0.5) is 0 Å². The van der Waals surface area contributed by atoms with Gasteiger partial charge in [0.25, 0.3) is 0 Å². The zero-order chi connectivity index (χ0) is 18.5. The standard InChI is InChI=1S/C23H23NO3/c1-17(19-10-11-22-23(15-19)26-13-12-25-22)24-16-18-6-5-9-21(14-18)27-20-7-3-2-4-8-20/h2-11,14-15,17,24H,12-13,16H2,1H3. The first kappa shape index (κ1) is 17.4. The molecule has 0 spiro atoms. The Labute approximate surface area is 159 Å². The molecule has 1 unspecified atom stereocenters. The van der Waals surface area contributed by atoms with Gasteiger partial charge in [0.1, 0.15) is 24.7 Å². The summed E-state index contributed by atoms with van der Waals surface area (Å²) in [7, 11) is 0. The highest BCUT2D eigenvalue weighted by Crippen LogP contribution is 2.32. The highest BCUT2D eigenvalue weighted by molar-refractivity contribution is 5.44. The van der Waals surface area contributed by atoms with Crippen LogP contribution in [-0.4, -0.2) is 13.2 Å². The van der Waals surface area contributed by atoms with Gasteiger partial charge >= 0.3 is 0 Å². The van der Waals surface area contributed by atoms with E-state index in [4.69, 9.17) is 14.2 Å². The largest absolute Gasteiger partial charge is 0.486 e. The van der Waals surface area contributed by atoms with Gasteiger partial charge in [-0.15, -0.1) is 0 Å². The number of hydrogen-bond acceptors (Lipinski definition) is 4. The highest BCUT2D eigenvalue weighted by atomic mass is 16.6. The topological polar surface area (TPSA) is 39.7 Å². The summed E-state index contributed by atoms with van der Waals surface area (Å²) < 4.78 is 17.2. The summed E-state index contributed by atoms with van der Waals surface area (Å²) in [6.45, 7) is 4.12. The second-order valence-corrected chi connectivity index (χ2v) is 6.57. The van der Waals surface area contributed by atoms with Crippen LogP contribution in [-0.2, 0) is 6.54 Å². The van der Waals surface area contributed by atoms with Gasteiger partial charge in [-0.2, -0.15) is 0 Å². The average Bonchev–Trinajstić information content (AvgIpc) is 2.73. The minimum Gasteiger partial charge on any atom is -0.486 e. The highest BCUT2D eigenvalue weighted by Gasteiger charge is 2.14. The second-order valence-electron chi connectivity index (χ2n) is 6.57. The van der Waals surface area contributed by atoms with Crippen LogP contribution in [0.2, 0.25) is 0 Å². The molecule has 4 heteroatoms. The number of para-hydroxylation sites is 1. The van der Waals surface area contributed by atoms with E-state index >= 15 is 0 Å². The van der Waals surface area contributed by atoms with Crippen molar-refractivity contribution in [3.05, 3.63) is 83.9 Å². The van der Waals surface area contributed by atoms with E-state index in [0.717, 1.165) is 29.5 Å². The Morgan fingerprint density at radius 1 is 0.852 bits per heavy atom. The summed E-state index contributed by atoms with van der Waals surface area (Å²) in [5.41, 5.74) is 2.35. The fraction of sp³-hybridized carbons (Fsp3) is 0.217. The third kappa shape index (κ3) is 4.41. The van der Waals surface area contributed by atoms with Crippen molar-refractivity contribution in [1.82, 2.24) is 5.32 Å². The number of ether oxygens (including phenoxy) is 3. The van der Waals surface area contributed by atoms with Crippen molar-refractivity contribution in [2.75, 3.05) is 13.2 Å². The maximum Gasteiger partial charge on any atom is 0.161 e. The van der Waals surface area contributed by atoms with Gasteiger partial charge in [0.2, 0.25) is 0 Å². The molecule has 0 saturated carbocycles. The van der Waals surface area contributed by atoms with Crippen molar-refractivity contribution in [2.24, 2.45) is 0 Å². The van der Waals surface area contributed by atoms with Crippen molar-refractivity contribution in [2.45, 2.75) is 19.5 Å². The molecule has 0 bridgehead atoms. The fourth-order valence-electron chi connectivity index (χ4n) is 3.06. The molecule has 0 radical (unpaired) electrons. The van der Waals surface area contributed by atoms with E-state index in [-0.39, 0.29) is 6.04 Å². The van der Waals surface area contributed by atoms with Crippen molar-refractivity contribution in [3.8, 4) is 23.0 Å². The number of rotatable bonds is 6. The molecule has 4 nitrogen and oxygen atoms in total. The van der Waals surface area contributed by atoms with Crippen LogP contribution < -0.4 is 19.5 Å². The Hall–Kier alpha value is -2.98. The van der Waals surface area contributed by atoms with E-state index in [1.165, 1.54) is 11.1 Å². The van der Waals surface area contributed by atoms with Crippen LogP contribution in [0.5, 0.6) is 23.0 Å². The molecular formula is C23H23NO3. The Bertz CT molecular complexity index is 895. The third-order valence-corrected chi connectivity index (χ3v) is 4.56. The van der Waals surface area contributed by atoms with E-state index < -0.39 is 0 Å². The lowest BCUT2D eigenvalue weighted by atomic mass is 10.1. The molecule has 1 aliphatic heterocycles. The molecule has 1 heterocycles. The van der Waals surface area contributed by atoms with Gasteiger partial charge in [0, 0.05) is 12.6 Å². The predicted octanol–water partition coefficient (Wildman–Crippen LogP) is 5.10. The lowest BCUT2D eigenvalue weighted by Gasteiger charge is -2.21. The zero-order valence-corrected chi connectivity index (χ0v) is 15.4. The molecule has 0 fully saturated rings. The Balaban J connectivity index is 1.39. The Morgan fingerprint density at radius 3 is 2.48 bits per heavy atom. The van der Waals surface area contributed by atoms with E-state index in [9.17, 15) is 0 Å². The third-order valence-electron chi connectivity index (χ3n) is 4.56. The molecule has 0 saturated heterocycles. The lowest BCUT2D eigenvalue weighted by molar-refractivity contribution is 0.171. The number of nitrogens with one attached hydrogen (secondary N) is 1. The summed E-state index contributed by atoms with van der Waals surface area (Å²) >= 11 is 0. The van der Waals surface area contributed by atoms with Gasteiger partial charge in [-0.25, -0.2) is 0 Å². The summed E-state index contributed by atoms with van der Waals surface area (Å²) in [5.74, 6) is 3.33. The van der Waals surface area contributed by atoms with Gasteiger partial charge in [-0.1, -0.05) is 36.4 Å². The predicted molar refractivity (Wildman–Crippen MR) is 106 cm³/mol. The Morgan fingerprint density at radius 2 is 1.63 bits per heavy atom. The number of hydrogen-bond donors (Lipinski definition) is 1. The first-order valence-corrected chi connectivity index (χ1v) is 9.23.